The highest BCUT2D eigenvalue weighted by Crippen LogP contribution is 2.40. The van der Waals surface area contributed by atoms with Crippen molar-refractivity contribution in [1.82, 2.24) is 25.2 Å². The van der Waals surface area contributed by atoms with Gasteiger partial charge in [-0.05, 0) is 25.1 Å². The first-order valence-electron chi connectivity index (χ1n) is 10.5. The van der Waals surface area contributed by atoms with Crippen molar-refractivity contribution in [3.63, 3.8) is 0 Å². The topological polar surface area (TPSA) is 98.1 Å². The molecule has 0 bridgehead atoms. The van der Waals surface area contributed by atoms with Gasteiger partial charge in [0.25, 0.3) is 11.8 Å². The fourth-order valence-corrected chi connectivity index (χ4v) is 5.79. The van der Waals surface area contributed by atoms with Crippen LogP contribution in [0.1, 0.15) is 26.5 Å². The third-order valence-electron chi connectivity index (χ3n) is 5.70. The van der Waals surface area contributed by atoms with E-state index in [1.54, 1.807) is 25.7 Å². The first-order chi connectivity index (χ1) is 16.4. The number of carbonyl (C=O) groups is 2. The van der Waals surface area contributed by atoms with Gasteiger partial charge in [-0.25, -0.2) is 4.98 Å². The molecule has 0 saturated carbocycles. The second-order valence-corrected chi connectivity index (χ2v) is 9.54. The van der Waals surface area contributed by atoms with E-state index < -0.39 is 0 Å². The highest BCUT2D eigenvalue weighted by atomic mass is 32.1. The summed E-state index contributed by atoms with van der Waals surface area (Å²) in [7, 11) is 5.15. The van der Waals surface area contributed by atoms with E-state index in [2.05, 4.69) is 20.6 Å². The molecule has 2 amide bonds. The van der Waals surface area contributed by atoms with Crippen LogP contribution in [0.25, 0.3) is 31.0 Å². The van der Waals surface area contributed by atoms with Crippen LogP contribution in [-0.4, -0.2) is 40.4 Å². The summed E-state index contributed by atoms with van der Waals surface area (Å²) >= 11 is 2.94. The molecule has 5 aromatic rings. The molecule has 0 fully saturated rings. The van der Waals surface area contributed by atoms with E-state index in [-0.39, 0.29) is 11.8 Å². The van der Waals surface area contributed by atoms with Gasteiger partial charge in [0, 0.05) is 55.9 Å². The zero-order valence-corrected chi connectivity index (χ0v) is 20.6. The number of pyridine rings is 1. The van der Waals surface area contributed by atoms with Crippen molar-refractivity contribution in [3.05, 3.63) is 58.9 Å². The summed E-state index contributed by atoms with van der Waals surface area (Å²) in [5, 5.41) is 8.68. The largest absolute Gasteiger partial charge is 0.456 e. The first kappa shape index (κ1) is 22.1. The Morgan fingerprint density at radius 2 is 1.88 bits per heavy atom. The maximum atomic E-state index is 12.4. The Morgan fingerprint density at radius 1 is 1.09 bits per heavy atom. The summed E-state index contributed by atoms with van der Waals surface area (Å²) in [4.78, 5) is 34.1. The number of nitrogens with zero attached hydrogens (tertiary/aromatic N) is 3. The highest BCUT2D eigenvalue weighted by Gasteiger charge is 2.19. The smallest absolute Gasteiger partial charge is 0.270 e. The lowest BCUT2D eigenvalue weighted by atomic mass is 10.1. The zero-order valence-electron chi connectivity index (χ0n) is 18.9. The van der Waals surface area contributed by atoms with Gasteiger partial charge in [-0.3, -0.25) is 14.6 Å². The molecule has 34 heavy (non-hydrogen) atoms. The Labute approximate surface area is 203 Å². The van der Waals surface area contributed by atoms with Crippen LogP contribution in [0, 0.1) is 6.92 Å². The summed E-state index contributed by atoms with van der Waals surface area (Å²) in [6.07, 6.45) is 1.71. The molecule has 1 aromatic carbocycles. The summed E-state index contributed by atoms with van der Waals surface area (Å²) in [6.45, 7) is 1.93. The second-order valence-electron chi connectivity index (χ2n) is 7.63. The molecule has 5 rings (SSSR count). The average molecular weight is 492 g/mol. The SMILES string of the molecule is CNC(=O)c1csc(-c2cc3nccc(Oc4ccc5c(C(=O)NC)c(C)n(C)c5c4)c3s2)n1. The number of thiazole rings is 1. The van der Waals surface area contributed by atoms with Crippen LogP contribution in [0.4, 0.5) is 0 Å². The maximum Gasteiger partial charge on any atom is 0.270 e. The Balaban J connectivity index is 1.52. The fourth-order valence-electron chi connectivity index (χ4n) is 3.87. The van der Waals surface area contributed by atoms with Crippen molar-refractivity contribution >= 4 is 55.6 Å². The van der Waals surface area contributed by atoms with Crippen LogP contribution in [0.2, 0.25) is 0 Å². The number of benzene rings is 1. The average Bonchev–Trinajstić information content (AvgIpc) is 3.56. The van der Waals surface area contributed by atoms with Crippen LogP contribution in [0.3, 0.4) is 0 Å². The molecule has 0 atom stereocenters. The normalized spacial score (nSPS) is 11.2. The van der Waals surface area contributed by atoms with Gasteiger partial charge in [0.05, 0.1) is 26.2 Å². The molecule has 0 aliphatic heterocycles. The number of hydrogen-bond donors (Lipinski definition) is 2. The van der Waals surface area contributed by atoms with Crippen molar-refractivity contribution in [1.29, 1.82) is 0 Å². The van der Waals surface area contributed by atoms with Crippen molar-refractivity contribution in [2.24, 2.45) is 7.05 Å². The number of fused-ring (bicyclic) bond motifs is 2. The lowest BCUT2D eigenvalue weighted by Crippen LogP contribution is -2.18. The van der Waals surface area contributed by atoms with Crippen molar-refractivity contribution in [2.45, 2.75) is 6.92 Å². The van der Waals surface area contributed by atoms with Crippen LogP contribution in [-0.2, 0) is 7.05 Å². The molecule has 0 saturated heterocycles. The first-order valence-corrected chi connectivity index (χ1v) is 12.2. The van der Waals surface area contributed by atoms with Crippen molar-refractivity contribution in [3.8, 4) is 21.4 Å². The number of rotatable bonds is 5. The van der Waals surface area contributed by atoms with Gasteiger partial charge in [0.2, 0.25) is 0 Å². The Bertz CT molecular complexity index is 1580. The number of carbonyl (C=O) groups excluding carboxylic acids is 2. The van der Waals surface area contributed by atoms with Crippen LogP contribution in [0.15, 0.2) is 41.9 Å². The fraction of sp³-hybridized carbons (Fsp3) is 0.167. The number of ether oxygens (including phenoxy) is 1. The summed E-state index contributed by atoms with van der Waals surface area (Å²) in [5.41, 5.74) is 3.66. The molecule has 172 valence electrons. The van der Waals surface area contributed by atoms with Gasteiger partial charge >= 0.3 is 0 Å². The molecule has 8 nitrogen and oxygen atoms in total. The molecular weight excluding hydrogens is 470 g/mol. The predicted molar refractivity (Wildman–Crippen MR) is 135 cm³/mol. The molecular formula is C24H21N5O3S2. The van der Waals surface area contributed by atoms with Gasteiger partial charge in [-0.15, -0.1) is 22.7 Å². The Kier molecular flexibility index (Phi) is 5.54. The number of hydrogen-bond acceptors (Lipinski definition) is 7. The predicted octanol–water partition coefficient (Wildman–Crippen LogP) is 4.73. The second kappa shape index (κ2) is 8.54. The number of aromatic nitrogens is 3. The third kappa shape index (κ3) is 3.61. The standard InChI is InChI=1S/C24H21N5O3S2/c1-12-20(23(31)26-3)14-6-5-13(9-17(14)29(12)4)32-18-7-8-27-15-10-19(34-21(15)18)24-28-16(11-33-24)22(30)25-2/h5-11H,1-4H3,(H,25,30)(H,26,31). The van der Waals surface area contributed by atoms with Crippen molar-refractivity contribution in [2.75, 3.05) is 14.1 Å². The van der Waals surface area contributed by atoms with Gasteiger partial charge in [0.15, 0.2) is 0 Å². The molecule has 0 aliphatic rings. The zero-order chi connectivity index (χ0) is 24.0. The lowest BCUT2D eigenvalue weighted by molar-refractivity contribution is 0.0953. The van der Waals surface area contributed by atoms with E-state index in [1.807, 2.05) is 48.9 Å². The van der Waals surface area contributed by atoms with E-state index in [1.165, 1.54) is 22.7 Å². The van der Waals surface area contributed by atoms with Crippen LogP contribution < -0.4 is 15.4 Å². The molecule has 10 heteroatoms. The Hall–Kier alpha value is -3.76. The molecule has 2 N–H and O–H groups in total. The minimum absolute atomic E-state index is 0.111. The Morgan fingerprint density at radius 3 is 2.65 bits per heavy atom. The van der Waals surface area contributed by atoms with Gasteiger partial charge in [-0.2, -0.15) is 0 Å². The number of amides is 2. The van der Waals surface area contributed by atoms with E-state index in [4.69, 9.17) is 4.74 Å². The molecule has 4 aromatic heterocycles. The number of nitrogens with one attached hydrogen (secondary N) is 2. The van der Waals surface area contributed by atoms with E-state index in [0.29, 0.717) is 22.8 Å². The lowest BCUT2D eigenvalue weighted by Gasteiger charge is -2.07. The van der Waals surface area contributed by atoms with E-state index in [0.717, 1.165) is 36.7 Å². The van der Waals surface area contributed by atoms with Gasteiger partial charge in [-0.1, -0.05) is 0 Å². The molecule has 0 spiro atoms. The minimum atomic E-state index is -0.211. The van der Waals surface area contributed by atoms with E-state index >= 15 is 0 Å². The van der Waals surface area contributed by atoms with Crippen LogP contribution >= 0.6 is 22.7 Å². The number of aryl methyl sites for hydroxylation is 1. The summed E-state index contributed by atoms with van der Waals surface area (Å²) < 4.78 is 9.16. The van der Waals surface area contributed by atoms with Crippen molar-refractivity contribution < 1.29 is 14.3 Å². The molecule has 4 heterocycles. The maximum absolute atomic E-state index is 12.4. The molecule has 0 aliphatic carbocycles. The highest BCUT2D eigenvalue weighted by molar-refractivity contribution is 7.25. The van der Waals surface area contributed by atoms with Gasteiger partial charge < -0.3 is 19.9 Å². The quantitative estimate of drug-likeness (QED) is 0.370. The number of thiophene rings is 1. The monoisotopic (exact) mass is 491 g/mol. The summed E-state index contributed by atoms with van der Waals surface area (Å²) in [5.74, 6) is 1.02. The van der Waals surface area contributed by atoms with Gasteiger partial charge in [0.1, 0.15) is 22.2 Å². The minimum Gasteiger partial charge on any atom is -0.456 e. The summed E-state index contributed by atoms with van der Waals surface area (Å²) in [6, 6.07) is 9.50. The van der Waals surface area contributed by atoms with Crippen LogP contribution in [0.5, 0.6) is 11.5 Å². The molecule has 0 unspecified atom stereocenters. The molecule has 0 radical (unpaired) electrons. The third-order valence-corrected chi connectivity index (χ3v) is 7.85. The van der Waals surface area contributed by atoms with E-state index in [9.17, 15) is 9.59 Å².